The van der Waals surface area contributed by atoms with Gasteiger partial charge in [0.2, 0.25) is 5.91 Å². The van der Waals surface area contributed by atoms with Crippen LogP contribution in [0.1, 0.15) is 56.7 Å². The Balaban J connectivity index is 1.26. The summed E-state index contributed by atoms with van der Waals surface area (Å²) in [6, 6.07) is 12.5. The lowest BCUT2D eigenvalue weighted by atomic mass is 10.0. The number of amides is 1. The van der Waals surface area contributed by atoms with Gasteiger partial charge < -0.3 is 0 Å². The zero-order chi connectivity index (χ0) is 20.5. The second-order valence-corrected chi connectivity index (χ2v) is 9.92. The molecule has 1 saturated carbocycles. The van der Waals surface area contributed by atoms with E-state index in [0.717, 1.165) is 43.3 Å². The number of rotatable bonds is 7. The molecule has 2 atom stereocenters. The van der Waals surface area contributed by atoms with E-state index in [0.29, 0.717) is 18.1 Å². The van der Waals surface area contributed by atoms with Gasteiger partial charge in [-0.1, -0.05) is 30.3 Å². The Hall–Kier alpha value is -1.76. The Bertz CT molecular complexity index is 865. The zero-order valence-electron chi connectivity index (χ0n) is 17.9. The van der Waals surface area contributed by atoms with Gasteiger partial charge in [0, 0.05) is 43.5 Å². The maximum atomic E-state index is 12.1. The molecule has 2 aromatic rings. The van der Waals surface area contributed by atoms with Crippen molar-refractivity contribution < 1.29 is 4.79 Å². The molecule has 3 fully saturated rings. The fourth-order valence-electron chi connectivity index (χ4n) is 5.35. The lowest BCUT2D eigenvalue weighted by molar-refractivity contribution is -0.116. The van der Waals surface area contributed by atoms with Crippen LogP contribution >= 0.6 is 11.3 Å². The van der Waals surface area contributed by atoms with Crippen LogP contribution in [0.3, 0.4) is 0 Å². The molecule has 2 saturated heterocycles. The maximum absolute atomic E-state index is 12.1. The summed E-state index contributed by atoms with van der Waals surface area (Å²) in [6.07, 6.45) is 7.39. The van der Waals surface area contributed by atoms with Gasteiger partial charge in [0.15, 0.2) is 5.13 Å². The summed E-state index contributed by atoms with van der Waals surface area (Å²) >= 11 is 1.63. The number of benzene rings is 1. The monoisotopic (exact) mass is 424 g/mol. The smallest absolute Gasteiger partial charge is 0.225 e. The molecule has 1 aromatic carbocycles. The highest BCUT2D eigenvalue weighted by Gasteiger charge is 2.38. The highest BCUT2D eigenvalue weighted by Crippen LogP contribution is 2.35. The molecular formula is C24H32N4OS. The van der Waals surface area contributed by atoms with Crippen LogP contribution in [0, 0.1) is 0 Å². The van der Waals surface area contributed by atoms with Gasteiger partial charge in [-0.15, -0.1) is 11.3 Å². The summed E-state index contributed by atoms with van der Waals surface area (Å²) in [5.74, 6) is 0.125. The third kappa shape index (κ3) is 4.32. The molecule has 2 aliphatic heterocycles. The van der Waals surface area contributed by atoms with Crippen LogP contribution < -0.4 is 4.90 Å². The first kappa shape index (κ1) is 20.2. The van der Waals surface area contributed by atoms with Gasteiger partial charge in [-0.05, 0) is 57.2 Å². The summed E-state index contributed by atoms with van der Waals surface area (Å²) < 4.78 is 0. The van der Waals surface area contributed by atoms with Gasteiger partial charge in [-0.2, -0.15) is 0 Å². The van der Waals surface area contributed by atoms with Crippen LogP contribution in [0.25, 0.3) is 0 Å². The minimum atomic E-state index is 0.125. The zero-order valence-corrected chi connectivity index (χ0v) is 18.7. The maximum Gasteiger partial charge on any atom is 0.225 e. The third-order valence-electron chi connectivity index (χ3n) is 6.86. The molecule has 5 rings (SSSR count). The Morgan fingerprint density at radius 3 is 2.33 bits per heavy atom. The van der Waals surface area contributed by atoms with E-state index in [1.54, 1.807) is 18.3 Å². The lowest BCUT2D eigenvalue weighted by Crippen LogP contribution is -2.45. The van der Waals surface area contributed by atoms with E-state index in [2.05, 4.69) is 45.5 Å². The van der Waals surface area contributed by atoms with Crippen LogP contribution in [0.2, 0.25) is 0 Å². The Labute approximate surface area is 183 Å². The van der Waals surface area contributed by atoms with Crippen LogP contribution in [-0.2, 0) is 17.9 Å². The summed E-state index contributed by atoms with van der Waals surface area (Å²) in [7, 11) is 0. The predicted octanol–water partition coefficient (Wildman–Crippen LogP) is 4.29. The Kier molecular flexibility index (Phi) is 5.89. The molecule has 0 N–H and O–H groups in total. The number of nitrogens with zero attached hydrogens (tertiary/aromatic N) is 4. The number of hydrogen-bond donors (Lipinski definition) is 0. The van der Waals surface area contributed by atoms with Crippen molar-refractivity contribution in [2.45, 2.75) is 76.7 Å². The summed E-state index contributed by atoms with van der Waals surface area (Å²) in [6.45, 7) is 6.00. The highest BCUT2D eigenvalue weighted by atomic mass is 32.1. The molecule has 0 radical (unpaired) electrons. The Morgan fingerprint density at radius 2 is 1.70 bits per heavy atom. The standard InChI is InChI=1S/C24H32N4OS/c1-18(29)28(21-11-12-21)24-25-20(17-30-24)16-27-14-6-10-23(27)22-9-5-13-26(22)15-19-7-3-2-4-8-19/h2-4,7-8,17,21-23H,5-6,9-16H2,1H3/t22-,23+/m0/s1. The normalized spacial score (nSPS) is 25.1. The van der Waals surface area contributed by atoms with E-state index in [1.165, 1.54) is 37.8 Å². The molecule has 0 unspecified atom stereocenters. The molecule has 0 bridgehead atoms. The summed E-state index contributed by atoms with van der Waals surface area (Å²) in [4.78, 5) is 24.2. The van der Waals surface area contributed by atoms with Gasteiger partial charge in [0.1, 0.15) is 0 Å². The van der Waals surface area contributed by atoms with Gasteiger partial charge >= 0.3 is 0 Å². The van der Waals surface area contributed by atoms with Gasteiger partial charge in [0.25, 0.3) is 0 Å². The van der Waals surface area contributed by atoms with Crippen molar-refractivity contribution in [2.75, 3.05) is 18.0 Å². The van der Waals surface area contributed by atoms with Crippen LogP contribution in [0.5, 0.6) is 0 Å². The first-order valence-electron chi connectivity index (χ1n) is 11.5. The molecule has 3 aliphatic rings. The number of likely N-dealkylation sites (tertiary alicyclic amines) is 2. The van der Waals surface area contributed by atoms with E-state index in [1.807, 2.05) is 4.90 Å². The second kappa shape index (κ2) is 8.77. The predicted molar refractivity (Wildman–Crippen MR) is 122 cm³/mol. The molecule has 1 aromatic heterocycles. The molecule has 160 valence electrons. The topological polar surface area (TPSA) is 39.7 Å². The summed E-state index contributed by atoms with van der Waals surface area (Å²) in [5.41, 5.74) is 2.55. The van der Waals surface area contributed by atoms with Gasteiger partial charge in [-0.25, -0.2) is 4.98 Å². The van der Waals surface area contributed by atoms with Crippen molar-refractivity contribution in [2.24, 2.45) is 0 Å². The minimum absolute atomic E-state index is 0.125. The Morgan fingerprint density at radius 1 is 1.03 bits per heavy atom. The number of carbonyl (C=O) groups is 1. The van der Waals surface area contributed by atoms with Crippen molar-refractivity contribution in [1.29, 1.82) is 0 Å². The first-order valence-corrected chi connectivity index (χ1v) is 12.3. The second-order valence-electron chi connectivity index (χ2n) is 9.09. The van der Waals surface area contributed by atoms with Crippen molar-refractivity contribution in [1.82, 2.24) is 14.8 Å². The third-order valence-corrected chi connectivity index (χ3v) is 7.75. The summed E-state index contributed by atoms with van der Waals surface area (Å²) in [5, 5.41) is 3.06. The van der Waals surface area contributed by atoms with Gasteiger partial charge in [-0.3, -0.25) is 19.5 Å². The van der Waals surface area contributed by atoms with Gasteiger partial charge in [0.05, 0.1) is 5.69 Å². The van der Waals surface area contributed by atoms with Crippen molar-refractivity contribution >= 4 is 22.4 Å². The van der Waals surface area contributed by atoms with E-state index in [-0.39, 0.29) is 5.91 Å². The quantitative estimate of drug-likeness (QED) is 0.665. The average molecular weight is 425 g/mol. The molecule has 1 amide bonds. The van der Waals surface area contributed by atoms with Crippen molar-refractivity contribution in [3.63, 3.8) is 0 Å². The van der Waals surface area contributed by atoms with E-state index in [4.69, 9.17) is 4.98 Å². The molecular weight excluding hydrogens is 392 g/mol. The molecule has 1 aliphatic carbocycles. The molecule has 30 heavy (non-hydrogen) atoms. The van der Waals surface area contributed by atoms with Crippen LogP contribution in [0.4, 0.5) is 5.13 Å². The fraction of sp³-hybridized carbons (Fsp3) is 0.583. The van der Waals surface area contributed by atoms with Crippen molar-refractivity contribution in [3.05, 3.63) is 47.0 Å². The van der Waals surface area contributed by atoms with Crippen molar-refractivity contribution in [3.8, 4) is 0 Å². The molecule has 0 spiro atoms. The SMILES string of the molecule is CC(=O)N(c1nc(CN2CCC[C@@H]2[C@@H]2CCCN2Cc2ccccc2)cs1)C1CC1. The minimum Gasteiger partial charge on any atom is -0.295 e. The number of aromatic nitrogens is 1. The number of carbonyl (C=O) groups excluding carboxylic acids is 1. The van der Waals surface area contributed by atoms with E-state index < -0.39 is 0 Å². The number of anilines is 1. The van der Waals surface area contributed by atoms with Crippen LogP contribution in [0.15, 0.2) is 35.7 Å². The average Bonchev–Trinajstić information content (AvgIpc) is 3.10. The number of hydrogen-bond acceptors (Lipinski definition) is 5. The van der Waals surface area contributed by atoms with Crippen LogP contribution in [-0.4, -0.2) is 51.9 Å². The van der Waals surface area contributed by atoms with E-state index in [9.17, 15) is 4.79 Å². The molecule has 5 nitrogen and oxygen atoms in total. The largest absolute Gasteiger partial charge is 0.295 e. The fourth-order valence-corrected chi connectivity index (χ4v) is 6.28. The molecule has 6 heteroatoms. The number of thiazole rings is 1. The van der Waals surface area contributed by atoms with E-state index >= 15 is 0 Å². The lowest BCUT2D eigenvalue weighted by Gasteiger charge is -2.35. The first-order chi connectivity index (χ1) is 14.7. The molecule has 3 heterocycles. The highest BCUT2D eigenvalue weighted by molar-refractivity contribution is 7.14.